The maximum atomic E-state index is 10.6. The Balaban J connectivity index is 1.73. The molecule has 0 aliphatic carbocycles. The van der Waals surface area contributed by atoms with Gasteiger partial charge in [0.1, 0.15) is 17.7 Å². The highest BCUT2D eigenvalue weighted by Crippen LogP contribution is 2.42. The maximum absolute atomic E-state index is 10.6. The molecule has 4 aromatic rings. The fraction of sp³-hybridized carbons (Fsp3) is 0.250. The summed E-state index contributed by atoms with van der Waals surface area (Å²) >= 11 is 0. The average molecular weight is 441 g/mol. The number of imidazole rings is 1. The van der Waals surface area contributed by atoms with Crippen molar-refractivity contribution in [3.05, 3.63) is 126 Å². The van der Waals surface area contributed by atoms with E-state index in [2.05, 4.69) is 77.4 Å². The highest BCUT2D eigenvalue weighted by atomic mass is 16.7. The number of rotatable bonds is 5. The van der Waals surface area contributed by atoms with E-state index in [0.29, 0.717) is 5.69 Å². The summed E-state index contributed by atoms with van der Waals surface area (Å²) in [6.45, 7) is 3.90. The number of hydrogen-bond acceptors (Lipinski definition) is 4. The lowest BCUT2D eigenvalue weighted by atomic mass is 9.77. The number of aliphatic hydroxyl groups is 1. The summed E-state index contributed by atoms with van der Waals surface area (Å²) in [6, 6.07) is 31.3. The normalized spacial score (nSPS) is 20.5. The molecule has 2 atom stereocenters. The highest BCUT2D eigenvalue weighted by Gasteiger charge is 2.41. The molecule has 5 nitrogen and oxygen atoms in total. The zero-order valence-electron chi connectivity index (χ0n) is 18.8. The standard InChI is InChI=1S/C28H28N2O3/c1-27(2)32-19-25(31)26(33-27)24-18-30(20-29-24)28(21-12-6-3-7-13-21,22-14-8-4-9-15-22)23-16-10-5-11-17-23/h3-18,20,25-26,31H,19H2,1-2H3/t25-,26+/m1/s1. The molecule has 1 N–H and O–H groups in total. The third-order valence-corrected chi connectivity index (χ3v) is 6.22. The molecular weight excluding hydrogens is 412 g/mol. The van der Waals surface area contributed by atoms with Crippen molar-refractivity contribution in [1.82, 2.24) is 9.55 Å². The van der Waals surface area contributed by atoms with Crippen molar-refractivity contribution in [3.63, 3.8) is 0 Å². The van der Waals surface area contributed by atoms with E-state index in [0.717, 1.165) is 16.7 Å². The quantitative estimate of drug-likeness (QED) is 0.448. The smallest absolute Gasteiger partial charge is 0.163 e. The molecule has 1 aliphatic rings. The van der Waals surface area contributed by atoms with E-state index in [4.69, 9.17) is 14.5 Å². The number of hydrogen-bond donors (Lipinski definition) is 1. The van der Waals surface area contributed by atoms with E-state index >= 15 is 0 Å². The monoisotopic (exact) mass is 440 g/mol. The second-order valence-corrected chi connectivity index (χ2v) is 8.83. The van der Waals surface area contributed by atoms with Crippen LogP contribution in [0.1, 0.15) is 42.3 Å². The molecule has 1 aliphatic heterocycles. The molecule has 0 bridgehead atoms. The van der Waals surface area contributed by atoms with E-state index in [1.165, 1.54) is 0 Å². The Labute approximate surface area is 194 Å². The second kappa shape index (κ2) is 8.60. The van der Waals surface area contributed by atoms with Crippen LogP contribution >= 0.6 is 0 Å². The third kappa shape index (κ3) is 3.89. The number of benzene rings is 3. The Hall–Kier alpha value is -3.25. The maximum Gasteiger partial charge on any atom is 0.163 e. The third-order valence-electron chi connectivity index (χ3n) is 6.22. The molecule has 2 heterocycles. The van der Waals surface area contributed by atoms with E-state index in [-0.39, 0.29) is 6.61 Å². The van der Waals surface area contributed by atoms with Crippen LogP contribution in [0.3, 0.4) is 0 Å². The van der Waals surface area contributed by atoms with Crippen LogP contribution in [-0.2, 0) is 15.0 Å². The van der Waals surface area contributed by atoms with Crippen LogP contribution in [0.25, 0.3) is 0 Å². The van der Waals surface area contributed by atoms with E-state index in [1.54, 1.807) is 0 Å². The Morgan fingerprint density at radius 3 is 1.82 bits per heavy atom. The summed E-state index contributed by atoms with van der Waals surface area (Å²) in [5.41, 5.74) is 3.35. The van der Waals surface area contributed by atoms with Gasteiger partial charge in [0.2, 0.25) is 0 Å². The summed E-state index contributed by atoms with van der Waals surface area (Å²) in [5, 5.41) is 10.6. The van der Waals surface area contributed by atoms with Crippen molar-refractivity contribution < 1.29 is 14.6 Å². The molecule has 1 fully saturated rings. The summed E-state index contributed by atoms with van der Waals surface area (Å²) in [7, 11) is 0. The van der Waals surface area contributed by atoms with Gasteiger partial charge in [-0.25, -0.2) is 4.98 Å². The molecule has 0 spiro atoms. The van der Waals surface area contributed by atoms with Crippen LogP contribution in [-0.4, -0.2) is 33.2 Å². The molecule has 5 rings (SSSR count). The van der Waals surface area contributed by atoms with Crippen LogP contribution in [0.15, 0.2) is 104 Å². The van der Waals surface area contributed by atoms with Gasteiger partial charge >= 0.3 is 0 Å². The van der Waals surface area contributed by atoms with Crippen LogP contribution in [0.2, 0.25) is 0 Å². The van der Waals surface area contributed by atoms with Gasteiger partial charge in [-0.15, -0.1) is 0 Å². The Morgan fingerprint density at radius 2 is 1.33 bits per heavy atom. The van der Waals surface area contributed by atoms with Crippen molar-refractivity contribution in [3.8, 4) is 0 Å². The van der Waals surface area contributed by atoms with E-state index in [9.17, 15) is 5.11 Å². The first kappa shape index (κ1) is 21.6. The zero-order valence-corrected chi connectivity index (χ0v) is 18.8. The molecule has 3 aromatic carbocycles. The van der Waals surface area contributed by atoms with Crippen molar-refractivity contribution >= 4 is 0 Å². The van der Waals surface area contributed by atoms with Crippen molar-refractivity contribution in [1.29, 1.82) is 0 Å². The molecule has 0 radical (unpaired) electrons. The SMILES string of the molecule is CC1(C)OC[C@@H](O)[C@H](c2cn(C(c3ccccc3)(c3ccccc3)c3ccccc3)cn2)O1. The lowest BCUT2D eigenvalue weighted by Gasteiger charge is -2.39. The van der Waals surface area contributed by atoms with Gasteiger partial charge in [-0.05, 0) is 30.5 Å². The molecule has 0 amide bonds. The first-order chi connectivity index (χ1) is 16.0. The minimum absolute atomic E-state index is 0.200. The molecular formula is C28H28N2O3. The lowest BCUT2D eigenvalue weighted by molar-refractivity contribution is -0.307. The average Bonchev–Trinajstić information content (AvgIpc) is 3.34. The van der Waals surface area contributed by atoms with Crippen LogP contribution < -0.4 is 0 Å². The minimum atomic E-state index is -0.791. The molecule has 5 heteroatoms. The Morgan fingerprint density at radius 1 is 0.848 bits per heavy atom. The number of aromatic nitrogens is 2. The molecule has 0 saturated carbocycles. The summed E-state index contributed by atoms with van der Waals surface area (Å²) in [5.74, 6) is -0.789. The van der Waals surface area contributed by atoms with E-state index in [1.807, 2.05) is 44.6 Å². The van der Waals surface area contributed by atoms with Crippen LogP contribution in [0.5, 0.6) is 0 Å². The molecule has 1 saturated heterocycles. The van der Waals surface area contributed by atoms with Gasteiger partial charge in [0.05, 0.1) is 18.6 Å². The number of nitrogens with zero attached hydrogens (tertiary/aromatic N) is 2. The zero-order chi connectivity index (χ0) is 22.9. The number of ether oxygens (including phenoxy) is 2. The highest BCUT2D eigenvalue weighted by molar-refractivity contribution is 5.50. The van der Waals surface area contributed by atoms with Crippen LogP contribution in [0, 0.1) is 0 Å². The van der Waals surface area contributed by atoms with Crippen molar-refractivity contribution in [2.24, 2.45) is 0 Å². The van der Waals surface area contributed by atoms with Gasteiger partial charge in [0, 0.05) is 6.20 Å². The predicted molar refractivity (Wildman–Crippen MR) is 127 cm³/mol. The van der Waals surface area contributed by atoms with Crippen molar-refractivity contribution in [2.45, 2.75) is 37.4 Å². The first-order valence-corrected chi connectivity index (χ1v) is 11.2. The van der Waals surface area contributed by atoms with Crippen molar-refractivity contribution in [2.75, 3.05) is 6.61 Å². The van der Waals surface area contributed by atoms with Gasteiger partial charge in [-0.1, -0.05) is 91.0 Å². The van der Waals surface area contributed by atoms with Crippen LogP contribution in [0.4, 0.5) is 0 Å². The van der Waals surface area contributed by atoms with Gasteiger partial charge in [-0.2, -0.15) is 0 Å². The van der Waals surface area contributed by atoms with Gasteiger partial charge in [0.15, 0.2) is 5.79 Å². The van der Waals surface area contributed by atoms with Gasteiger partial charge in [0.25, 0.3) is 0 Å². The Bertz CT molecular complexity index is 1090. The summed E-state index contributed by atoms with van der Waals surface area (Å²) in [4.78, 5) is 4.72. The summed E-state index contributed by atoms with van der Waals surface area (Å²) < 4.78 is 13.8. The molecule has 168 valence electrons. The molecule has 33 heavy (non-hydrogen) atoms. The predicted octanol–water partition coefficient (Wildman–Crippen LogP) is 4.91. The lowest BCUT2D eigenvalue weighted by Crippen LogP contribution is -2.44. The molecule has 1 aromatic heterocycles. The van der Waals surface area contributed by atoms with E-state index < -0.39 is 23.5 Å². The largest absolute Gasteiger partial charge is 0.388 e. The van der Waals surface area contributed by atoms with Gasteiger partial charge in [-0.3, -0.25) is 0 Å². The number of aliphatic hydroxyl groups excluding tert-OH is 1. The Kier molecular flexibility index (Phi) is 5.62. The minimum Gasteiger partial charge on any atom is -0.388 e. The fourth-order valence-electron chi connectivity index (χ4n) is 4.70. The van der Waals surface area contributed by atoms with Gasteiger partial charge < -0.3 is 19.1 Å². The summed E-state index contributed by atoms with van der Waals surface area (Å²) in [6.07, 6.45) is 2.46. The molecule has 0 unspecified atom stereocenters. The second-order valence-electron chi connectivity index (χ2n) is 8.83. The fourth-order valence-corrected chi connectivity index (χ4v) is 4.70. The topological polar surface area (TPSA) is 56.5 Å². The first-order valence-electron chi connectivity index (χ1n) is 11.2.